The lowest BCUT2D eigenvalue weighted by atomic mass is 10.1. The van der Waals surface area contributed by atoms with Gasteiger partial charge in [-0.1, -0.05) is 58.4 Å². The Hall–Kier alpha value is -3.58. The monoisotopic (exact) mass is 442 g/mol. The van der Waals surface area contributed by atoms with Crippen molar-refractivity contribution < 1.29 is 0 Å². The molecular weight excluding hydrogens is 428 g/mol. The molecule has 0 aliphatic carbocycles. The molecular formula is C22H15BrN6. The second kappa shape index (κ2) is 7.44. The highest BCUT2D eigenvalue weighted by molar-refractivity contribution is 9.10. The van der Waals surface area contributed by atoms with Crippen LogP contribution in [-0.2, 0) is 0 Å². The number of aromatic nitrogens is 4. The fourth-order valence-corrected chi connectivity index (χ4v) is 3.51. The minimum atomic E-state index is 0.422. The first-order chi connectivity index (χ1) is 14.3. The quantitative estimate of drug-likeness (QED) is 0.289. The van der Waals surface area contributed by atoms with E-state index in [2.05, 4.69) is 41.4 Å². The van der Waals surface area contributed by atoms with Gasteiger partial charge in [0.25, 0.3) is 0 Å². The van der Waals surface area contributed by atoms with Crippen LogP contribution in [0.5, 0.6) is 0 Å². The summed E-state index contributed by atoms with van der Waals surface area (Å²) in [4.78, 5) is 17.0. The van der Waals surface area contributed by atoms with E-state index in [1.54, 1.807) is 6.21 Å². The van der Waals surface area contributed by atoms with Crippen LogP contribution in [0.1, 0.15) is 5.82 Å². The fourth-order valence-electron chi connectivity index (χ4n) is 3.15. The first-order valence-corrected chi connectivity index (χ1v) is 9.82. The number of hydrogen-bond donors (Lipinski definition) is 2. The number of H-pyrrole nitrogens is 1. The van der Waals surface area contributed by atoms with Gasteiger partial charge in [-0.05, 0) is 30.3 Å². The van der Waals surface area contributed by atoms with Gasteiger partial charge in [0.2, 0.25) is 5.95 Å². The maximum atomic E-state index is 4.70. The number of fused-ring (bicyclic) bond motifs is 2. The zero-order valence-electron chi connectivity index (χ0n) is 15.2. The SMILES string of the molecule is Brc1ccc2nc(N/N=C/c3nc4ccccc4[nH]3)nc(-c3ccccc3)c2c1. The van der Waals surface area contributed by atoms with E-state index < -0.39 is 0 Å². The van der Waals surface area contributed by atoms with Crippen LogP contribution in [0.15, 0.2) is 82.4 Å². The Balaban J connectivity index is 1.50. The van der Waals surface area contributed by atoms with Crippen molar-refractivity contribution >= 4 is 50.0 Å². The number of hydrazone groups is 1. The number of nitrogens with one attached hydrogen (secondary N) is 2. The minimum absolute atomic E-state index is 0.422. The molecule has 6 nitrogen and oxygen atoms in total. The molecule has 29 heavy (non-hydrogen) atoms. The van der Waals surface area contributed by atoms with E-state index in [4.69, 9.17) is 4.98 Å². The third-order valence-electron chi connectivity index (χ3n) is 4.46. The molecule has 140 valence electrons. The molecule has 0 saturated heterocycles. The van der Waals surface area contributed by atoms with Crippen molar-refractivity contribution in [1.29, 1.82) is 0 Å². The summed E-state index contributed by atoms with van der Waals surface area (Å²) in [5, 5.41) is 5.23. The molecule has 3 aromatic carbocycles. The van der Waals surface area contributed by atoms with Crippen molar-refractivity contribution in [3.8, 4) is 11.3 Å². The van der Waals surface area contributed by atoms with Crippen LogP contribution >= 0.6 is 15.9 Å². The topological polar surface area (TPSA) is 78.9 Å². The predicted octanol–water partition coefficient (Wildman–Crippen LogP) is 5.38. The van der Waals surface area contributed by atoms with E-state index in [9.17, 15) is 0 Å². The largest absolute Gasteiger partial charge is 0.337 e. The van der Waals surface area contributed by atoms with E-state index in [0.29, 0.717) is 11.8 Å². The third kappa shape index (κ3) is 3.60. The van der Waals surface area contributed by atoms with E-state index in [1.165, 1.54) is 0 Å². The summed E-state index contributed by atoms with van der Waals surface area (Å²) in [6, 6.07) is 23.8. The molecule has 0 aliphatic rings. The van der Waals surface area contributed by atoms with Crippen LogP contribution in [-0.4, -0.2) is 26.2 Å². The average Bonchev–Trinajstić information content (AvgIpc) is 3.17. The van der Waals surface area contributed by atoms with E-state index in [0.717, 1.165) is 37.7 Å². The first kappa shape index (κ1) is 17.5. The van der Waals surface area contributed by atoms with Crippen LogP contribution in [0.2, 0.25) is 0 Å². The van der Waals surface area contributed by atoms with Crippen LogP contribution in [0.4, 0.5) is 5.95 Å². The van der Waals surface area contributed by atoms with Crippen molar-refractivity contribution in [2.45, 2.75) is 0 Å². The highest BCUT2D eigenvalue weighted by atomic mass is 79.9. The van der Waals surface area contributed by atoms with E-state index in [1.807, 2.05) is 72.8 Å². The van der Waals surface area contributed by atoms with Crippen molar-refractivity contribution in [3.63, 3.8) is 0 Å². The fraction of sp³-hybridized carbons (Fsp3) is 0. The Labute approximate surface area is 174 Å². The Kier molecular flexibility index (Phi) is 4.50. The summed E-state index contributed by atoms with van der Waals surface area (Å²) in [5.74, 6) is 1.08. The van der Waals surface area contributed by atoms with Crippen LogP contribution < -0.4 is 5.43 Å². The highest BCUT2D eigenvalue weighted by Gasteiger charge is 2.10. The highest BCUT2D eigenvalue weighted by Crippen LogP contribution is 2.29. The molecule has 0 amide bonds. The Bertz CT molecular complexity index is 1310. The molecule has 0 fully saturated rings. The molecule has 7 heteroatoms. The van der Waals surface area contributed by atoms with E-state index >= 15 is 0 Å². The predicted molar refractivity (Wildman–Crippen MR) is 120 cm³/mol. The Morgan fingerprint density at radius 3 is 2.55 bits per heavy atom. The summed E-state index contributed by atoms with van der Waals surface area (Å²) in [7, 11) is 0. The molecule has 0 aliphatic heterocycles. The molecule has 5 aromatic rings. The molecule has 0 spiro atoms. The smallest absolute Gasteiger partial charge is 0.244 e. The molecule has 2 N–H and O–H groups in total. The normalized spacial score (nSPS) is 11.5. The molecule has 0 bridgehead atoms. The number of imidazole rings is 1. The first-order valence-electron chi connectivity index (χ1n) is 9.03. The number of nitrogens with zero attached hydrogens (tertiary/aromatic N) is 4. The molecule has 2 aromatic heterocycles. The van der Waals surface area contributed by atoms with Gasteiger partial charge in [0.05, 0.1) is 28.5 Å². The number of benzene rings is 3. The number of hydrogen-bond acceptors (Lipinski definition) is 5. The minimum Gasteiger partial charge on any atom is -0.337 e. The summed E-state index contributed by atoms with van der Waals surface area (Å²) >= 11 is 3.53. The maximum Gasteiger partial charge on any atom is 0.244 e. The number of anilines is 1. The number of rotatable bonds is 4. The lowest BCUT2D eigenvalue weighted by Gasteiger charge is -2.09. The molecule has 0 atom stereocenters. The zero-order chi connectivity index (χ0) is 19.6. The second-order valence-corrected chi connectivity index (χ2v) is 7.35. The van der Waals surface area contributed by atoms with Crippen molar-refractivity contribution in [2.24, 2.45) is 5.10 Å². The van der Waals surface area contributed by atoms with Gasteiger partial charge < -0.3 is 4.98 Å². The Morgan fingerprint density at radius 2 is 1.69 bits per heavy atom. The lowest BCUT2D eigenvalue weighted by Crippen LogP contribution is -2.00. The van der Waals surface area contributed by atoms with Crippen molar-refractivity contribution in [3.05, 3.63) is 83.1 Å². The van der Waals surface area contributed by atoms with E-state index in [-0.39, 0.29) is 0 Å². The van der Waals surface area contributed by atoms with Gasteiger partial charge in [-0.2, -0.15) is 5.10 Å². The average molecular weight is 443 g/mol. The van der Waals surface area contributed by atoms with Gasteiger partial charge in [-0.25, -0.2) is 20.4 Å². The molecule has 5 rings (SSSR count). The van der Waals surface area contributed by atoms with Crippen LogP contribution in [0.25, 0.3) is 33.2 Å². The van der Waals surface area contributed by atoms with Gasteiger partial charge in [-0.3, -0.25) is 0 Å². The third-order valence-corrected chi connectivity index (χ3v) is 4.96. The molecule has 0 radical (unpaired) electrons. The number of para-hydroxylation sites is 2. The Morgan fingerprint density at radius 1 is 0.862 bits per heavy atom. The molecule has 2 heterocycles. The second-order valence-electron chi connectivity index (χ2n) is 6.43. The maximum absolute atomic E-state index is 4.70. The molecule has 0 saturated carbocycles. The van der Waals surface area contributed by atoms with Gasteiger partial charge in [0, 0.05) is 15.4 Å². The van der Waals surface area contributed by atoms with Crippen molar-refractivity contribution in [1.82, 2.24) is 19.9 Å². The molecule has 0 unspecified atom stereocenters. The summed E-state index contributed by atoms with van der Waals surface area (Å²) < 4.78 is 0.981. The van der Waals surface area contributed by atoms with Crippen molar-refractivity contribution in [2.75, 3.05) is 5.43 Å². The summed E-state index contributed by atoms with van der Waals surface area (Å²) in [5.41, 5.74) is 7.49. The lowest BCUT2D eigenvalue weighted by molar-refractivity contribution is 1.15. The number of aromatic amines is 1. The summed E-state index contributed by atoms with van der Waals surface area (Å²) in [6.45, 7) is 0. The van der Waals surface area contributed by atoms with Crippen LogP contribution in [0, 0.1) is 0 Å². The van der Waals surface area contributed by atoms with Gasteiger partial charge >= 0.3 is 0 Å². The summed E-state index contributed by atoms with van der Waals surface area (Å²) in [6.07, 6.45) is 1.62. The standard InChI is InChI=1S/C22H15BrN6/c23-15-10-11-17-16(12-15)21(14-6-2-1-3-7-14)28-22(27-17)29-24-13-20-25-18-8-4-5-9-19(18)26-20/h1-13H,(H,25,26)(H,27,28,29)/b24-13+. The van der Waals surface area contributed by atoms with Gasteiger partial charge in [0.15, 0.2) is 5.82 Å². The number of halogens is 1. The zero-order valence-corrected chi connectivity index (χ0v) is 16.8. The van der Waals surface area contributed by atoms with Gasteiger partial charge in [0.1, 0.15) is 0 Å². The van der Waals surface area contributed by atoms with Crippen LogP contribution in [0.3, 0.4) is 0 Å². The van der Waals surface area contributed by atoms with Gasteiger partial charge in [-0.15, -0.1) is 0 Å².